The Bertz CT molecular complexity index is 1910. The predicted octanol–water partition coefficient (Wildman–Crippen LogP) is 7.92. The fourth-order valence-corrected chi connectivity index (χ4v) is 9.59. The number of hydrogen-bond acceptors (Lipinski definition) is 6. The lowest BCUT2D eigenvalue weighted by atomic mass is 9.99. The lowest BCUT2D eigenvalue weighted by Crippen LogP contribution is -2.74. The Hall–Kier alpha value is -4.31. The number of esters is 1. The molecule has 0 aliphatic carbocycles. The number of nitrogens with zero attached hydrogens (tertiary/aromatic N) is 1. The first-order valence-corrected chi connectivity index (χ1v) is 18.7. The van der Waals surface area contributed by atoms with E-state index >= 15 is 0 Å². The first-order valence-electron chi connectivity index (χ1n) is 16.0. The van der Waals surface area contributed by atoms with Crippen molar-refractivity contribution in [3.63, 3.8) is 0 Å². The second kappa shape index (κ2) is 14.7. The summed E-state index contributed by atoms with van der Waals surface area (Å²) in [6, 6.07) is 44.4. The number of carbonyl (C=O) groups excluding carboxylic acids is 3. The number of hydrogen-bond donors (Lipinski definition) is 1. The standard InChI is InChI=1S/C40H33BrN2O4S2/c41-31-21-22-33(32(24-31)28-15-7-2-8-16-28)49-40(39(46)47-36(29-17-9-3-10-18-29)30-19-11-4-12-20-30)25-43-37(45)35(38(43)48-26-40)42-34(44)23-27-13-5-1-6-14-27/h1-22,24,35-36,38H,23,25-26H2,(H,42,44)/t35?,38-,40?/m1/s1. The molecule has 9 heteroatoms. The lowest BCUT2D eigenvalue weighted by Gasteiger charge is -2.54. The number of halogens is 1. The Labute approximate surface area is 302 Å². The van der Waals surface area contributed by atoms with Crippen LogP contribution in [0.15, 0.2) is 149 Å². The van der Waals surface area contributed by atoms with Gasteiger partial charge in [0.1, 0.15) is 16.2 Å². The van der Waals surface area contributed by atoms with Crippen molar-refractivity contribution in [3.8, 4) is 11.1 Å². The van der Waals surface area contributed by atoms with Crippen LogP contribution in [-0.2, 0) is 25.5 Å². The normalized spacial score (nSPS) is 19.9. The molecule has 2 unspecified atom stereocenters. The van der Waals surface area contributed by atoms with Crippen LogP contribution in [0.3, 0.4) is 0 Å². The zero-order valence-electron chi connectivity index (χ0n) is 26.4. The maximum absolute atomic E-state index is 14.8. The van der Waals surface area contributed by atoms with E-state index in [1.807, 2.05) is 133 Å². The summed E-state index contributed by atoms with van der Waals surface area (Å²) in [5.74, 6) is -0.409. The third-order valence-electron chi connectivity index (χ3n) is 8.71. The van der Waals surface area contributed by atoms with Crippen molar-refractivity contribution in [3.05, 3.63) is 161 Å². The Morgan fingerprint density at radius 2 is 1.45 bits per heavy atom. The molecule has 49 heavy (non-hydrogen) atoms. The third-order valence-corrected chi connectivity index (χ3v) is 12.3. The minimum atomic E-state index is -1.13. The van der Waals surface area contributed by atoms with Crippen LogP contribution in [0.2, 0.25) is 0 Å². The van der Waals surface area contributed by atoms with E-state index in [4.69, 9.17) is 4.74 Å². The van der Waals surface area contributed by atoms with Gasteiger partial charge in [-0.05, 0) is 46.0 Å². The molecule has 6 nitrogen and oxygen atoms in total. The summed E-state index contributed by atoms with van der Waals surface area (Å²) in [6.07, 6.45) is -0.439. The van der Waals surface area contributed by atoms with Gasteiger partial charge in [0.15, 0.2) is 6.10 Å². The molecule has 5 aromatic rings. The summed E-state index contributed by atoms with van der Waals surface area (Å²) in [5.41, 5.74) is 4.59. The quantitative estimate of drug-likeness (QED) is 0.116. The molecule has 2 amide bonds. The van der Waals surface area contributed by atoms with Crippen molar-refractivity contribution in [1.29, 1.82) is 0 Å². The highest BCUT2D eigenvalue weighted by Gasteiger charge is 2.58. The number of fused-ring (bicyclic) bond motifs is 1. The molecule has 2 heterocycles. The SMILES string of the molecule is O=C(Cc1ccccc1)NC1C(=O)N2CC(Sc3ccc(Br)cc3-c3ccccc3)(C(=O)OC(c3ccccc3)c3ccccc3)CS[C@H]12. The molecule has 0 saturated carbocycles. The summed E-state index contributed by atoms with van der Waals surface area (Å²) in [7, 11) is 0. The zero-order valence-corrected chi connectivity index (χ0v) is 29.6. The zero-order chi connectivity index (χ0) is 33.8. The molecule has 246 valence electrons. The van der Waals surface area contributed by atoms with Crippen molar-refractivity contribution in [2.24, 2.45) is 0 Å². The number of β-lactam (4-membered cyclic amide) rings is 1. The van der Waals surface area contributed by atoms with Crippen molar-refractivity contribution in [1.82, 2.24) is 10.2 Å². The summed E-state index contributed by atoms with van der Waals surface area (Å²) in [6.45, 7) is 0.151. The maximum atomic E-state index is 14.8. The second-order valence-electron chi connectivity index (χ2n) is 12.1. The summed E-state index contributed by atoms with van der Waals surface area (Å²) in [5, 5.41) is 2.68. The van der Waals surface area contributed by atoms with Crippen molar-refractivity contribution >= 4 is 57.2 Å². The van der Waals surface area contributed by atoms with Crippen molar-refractivity contribution in [2.75, 3.05) is 12.3 Å². The van der Waals surface area contributed by atoms with E-state index < -0.39 is 22.9 Å². The number of nitrogens with one attached hydrogen (secondary N) is 1. The highest BCUT2D eigenvalue weighted by molar-refractivity contribution is 9.10. The fraction of sp³-hybridized carbons (Fsp3) is 0.175. The Morgan fingerprint density at radius 1 is 0.857 bits per heavy atom. The highest BCUT2D eigenvalue weighted by Crippen LogP contribution is 2.49. The molecule has 2 aliphatic rings. The van der Waals surface area contributed by atoms with Gasteiger partial charge in [0, 0.05) is 21.7 Å². The average molecular weight is 750 g/mol. The summed E-state index contributed by atoms with van der Waals surface area (Å²) >= 11 is 6.59. The van der Waals surface area contributed by atoms with Gasteiger partial charge in [-0.3, -0.25) is 14.4 Å². The molecule has 2 fully saturated rings. The number of benzene rings is 5. The Kier molecular flexibility index (Phi) is 9.93. The van der Waals surface area contributed by atoms with Crippen molar-refractivity contribution < 1.29 is 19.1 Å². The number of amides is 2. The minimum Gasteiger partial charge on any atom is -0.451 e. The second-order valence-corrected chi connectivity index (χ2v) is 15.5. The van der Waals surface area contributed by atoms with Gasteiger partial charge >= 0.3 is 5.97 Å². The Morgan fingerprint density at radius 3 is 2.08 bits per heavy atom. The maximum Gasteiger partial charge on any atom is 0.326 e. The van der Waals surface area contributed by atoms with Gasteiger partial charge in [-0.1, -0.05) is 137 Å². The molecule has 2 aliphatic heterocycles. The Balaban J connectivity index is 1.20. The van der Waals surface area contributed by atoms with Crippen LogP contribution in [-0.4, -0.2) is 51.1 Å². The summed E-state index contributed by atoms with van der Waals surface area (Å²) in [4.78, 5) is 44.0. The molecule has 5 aromatic carbocycles. The van der Waals surface area contributed by atoms with Gasteiger partial charge in [-0.25, -0.2) is 0 Å². The highest BCUT2D eigenvalue weighted by atomic mass is 79.9. The summed E-state index contributed by atoms with van der Waals surface area (Å²) < 4.78 is 6.31. The van der Waals surface area contributed by atoms with E-state index in [1.54, 1.807) is 4.90 Å². The smallest absolute Gasteiger partial charge is 0.326 e. The van der Waals surface area contributed by atoms with E-state index in [1.165, 1.54) is 23.5 Å². The monoisotopic (exact) mass is 748 g/mol. The fourth-order valence-electron chi connectivity index (χ4n) is 6.23. The molecular weight excluding hydrogens is 716 g/mol. The van der Waals surface area contributed by atoms with Gasteiger partial charge < -0.3 is 15.0 Å². The van der Waals surface area contributed by atoms with Gasteiger partial charge in [0.2, 0.25) is 11.8 Å². The van der Waals surface area contributed by atoms with Gasteiger partial charge in [-0.2, -0.15) is 0 Å². The molecule has 2 saturated heterocycles. The third kappa shape index (κ3) is 7.20. The molecule has 0 bridgehead atoms. The minimum absolute atomic E-state index is 0.151. The first kappa shape index (κ1) is 33.2. The van der Waals surface area contributed by atoms with Crippen LogP contribution in [0.4, 0.5) is 0 Å². The topological polar surface area (TPSA) is 75.7 Å². The number of thioether (sulfide) groups is 2. The number of carbonyl (C=O) groups is 3. The largest absolute Gasteiger partial charge is 0.451 e. The molecule has 1 N–H and O–H groups in total. The predicted molar refractivity (Wildman–Crippen MR) is 199 cm³/mol. The van der Waals surface area contributed by atoms with E-state index in [0.717, 1.165) is 37.2 Å². The molecule has 0 radical (unpaired) electrons. The first-order chi connectivity index (χ1) is 23.9. The van der Waals surface area contributed by atoms with Crippen LogP contribution in [0.25, 0.3) is 11.1 Å². The van der Waals surface area contributed by atoms with Crippen LogP contribution >= 0.6 is 39.5 Å². The molecule has 0 aromatic heterocycles. The van der Waals surface area contributed by atoms with Gasteiger partial charge in [-0.15, -0.1) is 23.5 Å². The van der Waals surface area contributed by atoms with E-state index in [-0.39, 0.29) is 30.2 Å². The van der Waals surface area contributed by atoms with Crippen LogP contribution in [0, 0.1) is 0 Å². The van der Waals surface area contributed by atoms with E-state index in [9.17, 15) is 14.4 Å². The molecule has 7 rings (SSSR count). The van der Waals surface area contributed by atoms with E-state index in [0.29, 0.717) is 5.75 Å². The van der Waals surface area contributed by atoms with Gasteiger partial charge in [0.05, 0.1) is 6.42 Å². The van der Waals surface area contributed by atoms with Crippen LogP contribution in [0.1, 0.15) is 22.8 Å². The van der Waals surface area contributed by atoms with Crippen LogP contribution < -0.4 is 5.32 Å². The number of rotatable bonds is 10. The van der Waals surface area contributed by atoms with Crippen LogP contribution in [0.5, 0.6) is 0 Å². The van der Waals surface area contributed by atoms with Gasteiger partial charge in [0.25, 0.3) is 0 Å². The van der Waals surface area contributed by atoms with Crippen molar-refractivity contribution in [2.45, 2.75) is 33.6 Å². The number of ether oxygens (including phenoxy) is 1. The molecule has 0 spiro atoms. The van der Waals surface area contributed by atoms with E-state index in [2.05, 4.69) is 27.3 Å². The molecule has 3 atom stereocenters. The average Bonchev–Trinajstić information content (AvgIpc) is 3.15. The lowest BCUT2D eigenvalue weighted by molar-refractivity contribution is -0.156. The molecular formula is C40H33BrN2O4S2.